The van der Waals surface area contributed by atoms with Crippen LogP contribution in [-0.2, 0) is 0 Å². The largest absolute Gasteiger partial charge is 0.508 e. The standard InChI is InChI=1S/C36H34F3N5O3/c1-2-23-25(38)9-8-20-15-22(45)16-24(27(20)23)30-29(39)31-28-32(42-34(41-31)46-19-35-10-6-13-43(35)18-21(37)17-35)44-14-5-3-4-7-26(44)36(11-12-36)47-33(28)40-30/h1,8-9,15-16,21,26,45H,3-7,10-14,17-19H2/t21-,26?,35+/m1/s1. The lowest BCUT2D eigenvalue weighted by atomic mass is 9.95. The van der Waals surface area contributed by atoms with E-state index in [1.54, 1.807) is 0 Å². The van der Waals surface area contributed by atoms with Crippen LogP contribution in [0.2, 0.25) is 0 Å². The number of alkyl halides is 1. The number of pyridine rings is 1. The number of aromatic hydroxyl groups is 1. The molecule has 1 unspecified atom stereocenters. The summed E-state index contributed by atoms with van der Waals surface area (Å²) in [4.78, 5) is 18.7. The van der Waals surface area contributed by atoms with E-state index in [4.69, 9.17) is 25.9 Å². The molecule has 1 saturated carbocycles. The summed E-state index contributed by atoms with van der Waals surface area (Å²) in [6.07, 6.45) is 12.6. The Bertz CT molecular complexity index is 2010. The second kappa shape index (κ2) is 10.3. The first kappa shape index (κ1) is 28.9. The van der Waals surface area contributed by atoms with Crippen LogP contribution in [0.4, 0.5) is 19.0 Å². The number of terminal acetylenes is 1. The molecule has 2 aromatic heterocycles. The quantitative estimate of drug-likeness (QED) is 0.255. The lowest BCUT2D eigenvalue weighted by Gasteiger charge is -2.34. The lowest BCUT2D eigenvalue weighted by Crippen LogP contribution is -2.47. The molecule has 1 N–H and O–H groups in total. The van der Waals surface area contributed by atoms with Gasteiger partial charge in [0, 0.05) is 30.5 Å². The number of phenols is 1. The van der Waals surface area contributed by atoms with Crippen molar-refractivity contribution < 1.29 is 27.8 Å². The topological polar surface area (TPSA) is 83.8 Å². The van der Waals surface area contributed by atoms with Crippen LogP contribution >= 0.6 is 0 Å². The van der Waals surface area contributed by atoms with Gasteiger partial charge in [0.15, 0.2) is 5.82 Å². The Morgan fingerprint density at radius 3 is 2.74 bits per heavy atom. The first-order chi connectivity index (χ1) is 22.8. The molecule has 242 valence electrons. The van der Waals surface area contributed by atoms with Crippen molar-refractivity contribution in [1.82, 2.24) is 19.9 Å². The zero-order chi connectivity index (χ0) is 32.1. The molecular formula is C36H34F3N5O3. The molecule has 6 heterocycles. The van der Waals surface area contributed by atoms with E-state index in [9.17, 15) is 9.50 Å². The van der Waals surface area contributed by atoms with E-state index in [-0.39, 0.29) is 58.0 Å². The maximum absolute atomic E-state index is 17.1. The molecule has 4 aromatic rings. The van der Waals surface area contributed by atoms with Gasteiger partial charge in [-0.2, -0.15) is 9.97 Å². The molecule has 2 aromatic carbocycles. The van der Waals surface area contributed by atoms with Crippen molar-refractivity contribution in [1.29, 1.82) is 0 Å². The van der Waals surface area contributed by atoms with E-state index in [2.05, 4.69) is 20.7 Å². The Hall–Kier alpha value is -4.30. The molecule has 3 saturated heterocycles. The number of fused-ring (bicyclic) bond motifs is 5. The van der Waals surface area contributed by atoms with E-state index in [0.29, 0.717) is 36.1 Å². The minimum atomic E-state index is -0.922. The number of rotatable bonds is 4. The van der Waals surface area contributed by atoms with Gasteiger partial charge in [-0.15, -0.1) is 6.42 Å². The number of halogens is 3. The summed E-state index contributed by atoms with van der Waals surface area (Å²) < 4.78 is 59.8. The molecule has 1 spiro atoms. The Kier molecular flexibility index (Phi) is 6.36. The fourth-order valence-corrected chi connectivity index (χ4v) is 8.76. The van der Waals surface area contributed by atoms with Gasteiger partial charge in [0.2, 0.25) is 5.88 Å². The van der Waals surface area contributed by atoms with Crippen molar-refractivity contribution in [3.63, 3.8) is 0 Å². The van der Waals surface area contributed by atoms with Crippen LogP contribution in [0.3, 0.4) is 0 Å². The number of nitrogens with zero attached hydrogens (tertiary/aromatic N) is 5. The van der Waals surface area contributed by atoms with Gasteiger partial charge in [-0.25, -0.2) is 18.2 Å². The number of phenolic OH excluding ortho intramolecular Hbond substituents is 1. The summed E-state index contributed by atoms with van der Waals surface area (Å²) in [6.45, 7) is 2.10. The van der Waals surface area contributed by atoms with Gasteiger partial charge in [-0.05, 0) is 68.7 Å². The van der Waals surface area contributed by atoms with E-state index in [1.165, 1.54) is 24.3 Å². The summed E-state index contributed by atoms with van der Waals surface area (Å²) in [5, 5.41) is 11.7. The Morgan fingerprint density at radius 1 is 1.04 bits per heavy atom. The summed E-state index contributed by atoms with van der Waals surface area (Å²) in [5.41, 5.74) is -1.11. The van der Waals surface area contributed by atoms with Gasteiger partial charge >= 0.3 is 6.01 Å². The number of hydrogen-bond donors (Lipinski definition) is 1. The van der Waals surface area contributed by atoms with Gasteiger partial charge in [-0.3, -0.25) is 4.90 Å². The van der Waals surface area contributed by atoms with Crippen LogP contribution in [-0.4, -0.2) is 74.6 Å². The highest BCUT2D eigenvalue weighted by Crippen LogP contribution is 2.54. The average Bonchev–Trinajstić information content (AvgIpc) is 3.72. The zero-order valence-corrected chi connectivity index (χ0v) is 25.9. The predicted molar refractivity (Wildman–Crippen MR) is 171 cm³/mol. The second-order valence-electron chi connectivity index (χ2n) is 13.9. The molecule has 3 atom stereocenters. The summed E-state index contributed by atoms with van der Waals surface area (Å²) in [5.74, 6) is 1.52. The van der Waals surface area contributed by atoms with Gasteiger partial charge in [0.25, 0.3) is 0 Å². The third kappa shape index (κ3) is 4.37. The molecule has 1 aliphatic carbocycles. The fraction of sp³-hybridized carbons (Fsp3) is 0.472. The molecule has 9 rings (SSSR count). The van der Waals surface area contributed by atoms with Gasteiger partial charge in [-0.1, -0.05) is 24.8 Å². The minimum absolute atomic E-state index is 0.00361. The molecule has 5 aliphatic rings. The van der Waals surface area contributed by atoms with Crippen LogP contribution in [0.1, 0.15) is 63.4 Å². The van der Waals surface area contributed by atoms with Crippen LogP contribution in [0.25, 0.3) is 32.9 Å². The molecule has 8 nitrogen and oxygen atoms in total. The van der Waals surface area contributed by atoms with Crippen LogP contribution < -0.4 is 14.4 Å². The van der Waals surface area contributed by atoms with Crippen LogP contribution in [0, 0.1) is 24.0 Å². The molecule has 0 bridgehead atoms. The number of anilines is 1. The van der Waals surface area contributed by atoms with Crippen molar-refractivity contribution in [2.75, 3.05) is 31.1 Å². The maximum Gasteiger partial charge on any atom is 0.319 e. The zero-order valence-electron chi connectivity index (χ0n) is 25.9. The fourth-order valence-electron chi connectivity index (χ4n) is 8.76. The molecule has 0 amide bonds. The smallest absolute Gasteiger partial charge is 0.319 e. The average molecular weight is 642 g/mol. The lowest BCUT2D eigenvalue weighted by molar-refractivity contribution is 0.107. The SMILES string of the molecule is C#Cc1c(F)ccc2cc(O)cc(-c3nc4c5c(nc(OC[C@@]67CCCN6C[C@H](F)C7)nc5c3F)N3CCCCCC3C3(CC3)O4)c12. The van der Waals surface area contributed by atoms with Crippen LogP contribution in [0.15, 0.2) is 24.3 Å². The molecular weight excluding hydrogens is 607 g/mol. The minimum Gasteiger partial charge on any atom is -0.508 e. The number of benzene rings is 2. The summed E-state index contributed by atoms with van der Waals surface area (Å²) >= 11 is 0. The van der Waals surface area contributed by atoms with E-state index in [1.807, 2.05) is 0 Å². The van der Waals surface area contributed by atoms with E-state index < -0.39 is 28.9 Å². The van der Waals surface area contributed by atoms with Crippen molar-refractivity contribution in [3.05, 3.63) is 41.5 Å². The van der Waals surface area contributed by atoms with E-state index >= 15 is 8.78 Å². The van der Waals surface area contributed by atoms with Gasteiger partial charge in [0.1, 0.15) is 52.4 Å². The molecule has 11 heteroatoms. The first-order valence-corrected chi connectivity index (χ1v) is 16.6. The van der Waals surface area contributed by atoms with Crippen molar-refractivity contribution in [2.45, 2.75) is 81.1 Å². The molecule has 4 aliphatic heterocycles. The monoisotopic (exact) mass is 641 g/mol. The third-order valence-corrected chi connectivity index (χ3v) is 11.1. The maximum atomic E-state index is 17.1. The normalized spacial score (nSPS) is 26.0. The van der Waals surface area contributed by atoms with Gasteiger partial charge < -0.3 is 19.5 Å². The Labute approximate surface area is 269 Å². The molecule has 0 radical (unpaired) electrons. The van der Waals surface area contributed by atoms with Gasteiger partial charge in [0.05, 0.1) is 17.1 Å². The van der Waals surface area contributed by atoms with E-state index in [0.717, 1.165) is 57.9 Å². The highest BCUT2D eigenvalue weighted by Gasteiger charge is 2.57. The summed E-state index contributed by atoms with van der Waals surface area (Å²) in [7, 11) is 0. The number of hydrogen-bond acceptors (Lipinski definition) is 8. The highest BCUT2D eigenvalue weighted by atomic mass is 19.1. The number of aromatic nitrogens is 3. The summed E-state index contributed by atoms with van der Waals surface area (Å²) in [6, 6.07) is 5.51. The molecule has 47 heavy (non-hydrogen) atoms. The molecule has 4 fully saturated rings. The Balaban J connectivity index is 1.27. The van der Waals surface area contributed by atoms with Crippen LogP contribution in [0.5, 0.6) is 17.6 Å². The van der Waals surface area contributed by atoms with Crippen molar-refractivity contribution in [2.24, 2.45) is 0 Å². The first-order valence-electron chi connectivity index (χ1n) is 16.6. The number of ether oxygens (including phenoxy) is 2. The Morgan fingerprint density at radius 2 is 1.91 bits per heavy atom. The van der Waals surface area contributed by atoms with Crippen molar-refractivity contribution in [3.8, 4) is 41.2 Å². The highest BCUT2D eigenvalue weighted by molar-refractivity contribution is 6.04. The second-order valence-corrected chi connectivity index (χ2v) is 13.9. The predicted octanol–water partition coefficient (Wildman–Crippen LogP) is 6.44. The third-order valence-electron chi connectivity index (χ3n) is 11.1. The van der Waals surface area contributed by atoms with Crippen molar-refractivity contribution >= 4 is 27.5 Å².